The summed E-state index contributed by atoms with van der Waals surface area (Å²) in [4.78, 5) is 11.2. The fourth-order valence-corrected chi connectivity index (χ4v) is 2.35. The molecule has 0 bridgehead atoms. The van der Waals surface area contributed by atoms with Crippen molar-refractivity contribution in [2.75, 3.05) is 17.7 Å². The number of carbonyl (C=O) groups is 1. The molecule has 0 heterocycles. The maximum atomic E-state index is 11.2. The number of anilines is 2. The number of hydrogen-bond donors (Lipinski definition) is 2. The molecule has 1 amide bonds. The van der Waals surface area contributed by atoms with E-state index < -0.39 is 6.09 Å². The standard InChI is InChI=1S/C9H10Br2N2O2/c1-2-15-9(14)13-8-6(11)3-5(10)4-7(8)12/h3-4H,2,12H2,1H3,(H,13,14). The van der Waals surface area contributed by atoms with Gasteiger partial charge in [-0.2, -0.15) is 0 Å². The molecule has 15 heavy (non-hydrogen) atoms. The van der Waals surface area contributed by atoms with Gasteiger partial charge in [-0.25, -0.2) is 4.79 Å². The molecule has 82 valence electrons. The summed E-state index contributed by atoms with van der Waals surface area (Å²) in [5.41, 5.74) is 6.71. The number of carbonyl (C=O) groups excluding carboxylic acids is 1. The zero-order valence-corrected chi connectivity index (χ0v) is 11.2. The Labute approximate surface area is 104 Å². The van der Waals surface area contributed by atoms with Crippen LogP contribution in [0.2, 0.25) is 0 Å². The molecule has 0 unspecified atom stereocenters. The van der Waals surface area contributed by atoms with E-state index in [-0.39, 0.29) is 0 Å². The van der Waals surface area contributed by atoms with Gasteiger partial charge in [0.05, 0.1) is 18.0 Å². The quantitative estimate of drug-likeness (QED) is 0.813. The van der Waals surface area contributed by atoms with Crippen LogP contribution in [0, 0.1) is 0 Å². The molecule has 0 atom stereocenters. The number of benzene rings is 1. The normalized spacial score (nSPS) is 9.80. The second-order valence-electron chi connectivity index (χ2n) is 2.70. The minimum absolute atomic E-state index is 0.319. The average molecular weight is 338 g/mol. The van der Waals surface area contributed by atoms with Crippen LogP contribution < -0.4 is 11.1 Å². The predicted octanol–water partition coefficient (Wildman–Crippen LogP) is 3.36. The van der Waals surface area contributed by atoms with E-state index in [9.17, 15) is 4.79 Å². The number of hydrogen-bond acceptors (Lipinski definition) is 3. The largest absolute Gasteiger partial charge is 0.450 e. The number of ether oxygens (including phenoxy) is 1. The highest BCUT2D eigenvalue weighted by molar-refractivity contribution is 9.11. The summed E-state index contributed by atoms with van der Waals surface area (Å²) in [7, 11) is 0. The van der Waals surface area contributed by atoms with Gasteiger partial charge in [-0.15, -0.1) is 0 Å². The Morgan fingerprint density at radius 2 is 2.20 bits per heavy atom. The number of amides is 1. The first-order valence-electron chi connectivity index (χ1n) is 4.23. The van der Waals surface area contributed by atoms with Crippen molar-refractivity contribution in [2.45, 2.75) is 6.92 Å². The van der Waals surface area contributed by atoms with E-state index in [2.05, 4.69) is 37.2 Å². The third-order valence-electron chi connectivity index (χ3n) is 1.59. The number of rotatable bonds is 2. The monoisotopic (exact) mass is 336 g/mol. The van der Waals surface area contributed by atoms with Crippen molar-refractivity contribution in [1.29, 1.82) is 0 Å². The van der Waals surface area contributed by atoms with Gasteiger partial charge in [0.1, 0.15) is 0 Å². The molecule has 3 N–H and O–H groups in total. The Bertz CT molecular complexity index is 359. The molecule has 1 aromatic carbocycles. The summed E-state index contributed by atoms with van der Waals surface area (Å²) in [5.74, 6) is 0. The molecular weight excluding hydrogens is 328 g/mol. The summed E-state index contributed by atoms with van der Waals surface area (Å²) < 4.78 is 6.28. The molecule has 6 heteroatoms. The van der Waals surface area contributed by atoms with Crippen LogP contribution in [0.25, 0.3) is 0 Å². The summed E-state index contributed by atoms with van der Waals surface area (Å²) in [6, 6.07) is 3.49. The van der Waals surface area contributed by atoms with Gasteiger partial charge in [-0.05, 0) is 35.0 Å². The zero-order valence-electron chi connectivity index (χ0n) is 8.01. The van der Waals surface area contributed by atoms with Crippen LogP contribution in [-0.2, 0) is 4.74 Å². The maximum absolute atomic E-state index is 11.2. The summed E-state index contributed by atoms with van der Waals surface area (Å²) >= 11 is 6.59. The predicted molar refractivity (Wildman–Crippen MR) is 66.9 cm³/mol. The van der Waals surface area contributed by atoms with Gasteiger partial charge >= 0.3 is 6.09 Å². The van der Waals surface area contributed by atoms with Crippen molar-refractivity contribution in [3.63, 3.8) is 0 Å². The second kappa shape index (κ2) is 5.37. The topological polar surface area (TPSA) is 64.3 Å². The minimum Gasteiger partial charge on any atom is -0.450 e. The van der Waals surface area contributed by atoms with Crippen LogP contribution in [0.1, 0.15) is 6.92 Å². The molecule has 0 fully saturated rings. The van der Waals surface area contributed by atoms with Crippen LogP contribution in [0.15, 0.2) is 21.1 Å². The Kier molecular flexibility index (Phi) is 4.41. The minimum atomic E-state index is -0.521. The van der Waals surface area contributed by atoms with E-state index in [1.807, 2.05) is 0 Å². The lowest BCUT2D eigenvalue weighted by Crippen LogP contribution is -2.14. The van der Waals surface area contributed by atoms with Gasteiger partial charge < -0.3 is 10.5 Å². The Morgan fingerprint density at radius 1 is 1.53 bits per heavy atom. The first-order chi connectivity index (χ1) is 7.04. The van der Waals surface area contributed by atoms with Crippen LogP contribution in [0.4, 0.5) is 16.2 Å². The SMILES string of the molecule is CCOC(=O)Nc1c(N)cc(Br)cc1Br. The molecule has 0 radical (unpaired) electrons. The highest BCUT2D eigenvalue weighted by Gasteiger charge is 2.10. The van der Waals surface area contributed by atoms with E-state index in [0.717, 1.165) is 4.47 Å². The van der Waals surface area contributed by atoms with Crippen LogP contribution in [0.5, 0.6) is 0 Å². The Balaban J connectivity index is 2.90. The molecule has 1 aromatic rings. The summed E-state index contributed by atoms with van der Waals surface area (Å²) in [6.07, 6.45) is -0.521. The molecule has 0 aromatic heterocycles. The number of nitrogens with one attached hydrogen (secondary N) is 1. The van der Waals surface area contributed by atoms with Gasteiger partial charge in [-0.3, -0.25) is 5.32 Å². The lowest BCUT2D eigenvalue weighted by Gasteiger charge is -2.10. The molecular formula is C9H10Br2N2O2. The Morgan fingerprint density at radius 3 is 2.73 bits per heavy atom. The van der Waals surface area contributed by atoms with Crippen molar-refractivity contribution in [1.82, 2.24) is 0 Å². The van der Waals surface area contributed by atoms with Crippen LogP contribution in [0.3, 0.4) is 0 Å². The highest BCUT2D eigenvalue weighted by atomic mass is 79.9. The highest BCUT2D eigenvalue weighted by Crippen LogP contribution is 2.32. The van der Waals surface area contributed by atoms with E-state index >= 15 is 0 Å². The van der Waals surface area contributed by atoms with Crippen molar-refractivity contribution < 1.29 is 9.53 Å². The summed E-state index contributed by atoms with van der Waals surface area (Å²) in [5, 5.41) is 2.55. The van der Waals surface area contributed by atoms with E-state index in [0.29, 0.717) is 22.5 Å². The third kappa shape index (κ3) is 3.39. The van der Waals surface area contributed by atoms with Crippen molar-refractivity contribution in [3.8, 4) is 0 Å². The fourth-order valence-electron chi connectivity index (χ4n) is 0.995. The number of nitrogen functional groups attached to an aromatic ring is 1. The first kappa shape index (κ1) is 12.3. The van der Waals surface area contributed by atoms with E-state index in [1.54, 1.807) is 19.1 Å². The zero-order chi connectivity index (χ0) is 11.4. The lowest BCUT2D eigenvalue weighted by molar-refractivity contribution is 0.168. The smallest absolute Gasteiger partial charge is 0.411 e. The molecule has 0 saturated heterocycles. The molecule has 0 aliphatic heterocycles. The van der Waals surface area contributed by atoms with Crippen molar-refractivity contribution >= 4 is 49.3 Å². The first-order valence-corrected chi connectivity index (χ1v) is 5.81. The van der Waals surface area contributed by atoms with Gasteiger partial charge in [0.15, 0.2) is 0 Å². The molecule has 0 aliphatic rings. The third-order valence-corrected chi connectivity index (χ3v) is 2.67. The average Bonchev–Trinajstić information content (AvgIpc) is 2.11. The number of nitrogens with two attached hydrogens (primary N) is 1. The van der Waals surface area contributed by atoms with E-state index in [1.165, 1.54) is 0 Å². The molecule has 0 saturated carbocycles. The second-order valence-corrected chi connectivity index (χ2v) is 4.47. The molecule has 1 rings (SSSR count). The Hall–Kier alpha value is -0.750. The van der Waals surface area contributed by atoms with Gasteiger partial charge in [0.25, 0.3) is 0 Å². The van der Waals surface area contributed by atoms with Crippen LogP contribution >= 0.6 is 31.9 Å². The van der Waals surface area contributed by atoms with Crippen molar-refractivity contribution in [3.05, 3.63) is 21.1 Å². The lowest BCUT2D eigenvalue weighted by atomic mass is 10.3. The molecule has 0 spiro atoms. The van der Waals surface area contributed by atoms with Crippen LogP contribution in [-0.4, -0.2) is 12.7 Å². The van der Waals surface area contributed by atoms with Gasteiger partial charge in [0.2, 0.25) is 0 Å². The van der Waals surface area contributed by atoms with Crippen molar-refractivity contribution in [2.24, 2.45) is 0 Å². The molecule has 0 aliphatic carbocycles. The molecule has 4 nitrogen and oxygen atoms in total. The van der Waals surface area contributed by atoms with E-state index in [4.69, 9.17) is 10.5 Å². The fraction of sp³-hybridized carbons (Fsp3) is 0.222. The maximum Gasteiger partial charge on any atom is 0.411 e. The summed E-state index contributed by atoms with van der Waals surface area (Å²) in [6.45, 7) is 2.06. The van der Waals surface area contributed by atoms with Gasteiger partial charge in [0, 0.05) is 8.95 Å². The number of halogens is 2. The van der Waals surface area contributed by atoms with Gasteiger partial charge in [-0.1, -0.05) is 15.9 Å².